The quantitative estimate of drug-likeness (QED) is 0.276. The number of carbonyl (C=O) groups is 2. The summed E-state index contributed by atoms with van der Waals surface area (Å²) >= 11 is 0. The Morgan fingerprint density at radius 2 is 1.90 bits per heavy atom. The molecule has 3 aromatic carbocycles. The standard InChI is InChI=1S/C31H29N3O5/c1-37-17-15-32-31(36)21-9-6-20(7-10-21)8-13-28(35)34-16-14-24-23-4-2-3-5-25(23)33-29(24)30(34)22-11-12-26-27(18-22)39-19-38-26/h2-13,18,30,33H,14-17,19H2,1H3,(H,32,36)/b13-8+. The predicted octanol–water partition coefficient (Wildman–Crippen LogP) is 4.46. The number of benzene rings is 3. The van der Waals surface area contributed by atoms with Crippen molar-refractivity contribution >= 4 is 28.8 Å². The van der Waals surface area contributed by atoms with E-state index in [0.717, 1.165) is 28.8 Å². The first-order valence-electron chi connectivity index (χ1n) is 13.0. The van der Waals surface area contributed by atoms with Gasteiger partial charge in [0, 0.05) is 48.4 Å². The zero-order valence-corrected chi connectivity index (χ0v) is 21.6. The number of nitrogens with one attached hydrogen (secondary N) is 2. The van der Waals surface area contributed by atoms with E-state index in [0.29, 0.717) is 36.8 Å². The number of hydrogen-bond acceptors (Lipinski definition) is 5. The van der Waals surface area contributed by atoms with Crippen molar-refractivity contribution in [1.29, 1.82) is 0 Å². The maximum atomic E-state index is 13.6. The molecule has 6 rings (SSSR count). The van der Waals surface area contributed by atoms with Crippen LogP contribution in [0, 0.1) is 0 Å². The monoisotopic (exact) mass is 523 g/mol. The Hall–Kier alpha value is -4.56. The van der Waals surface area contributed by atoms with E-state index in [1.807, 2.05) is 47.4 Å². The number of rotatable bonds is 7. The first kappa shape index (κ1) is 24.8. The van der Waals surface area contributed by atoms with Crippen LogP contribution in [-0.4, -0.2) is 55.3 Å². The van der Waals surface area contributed by atoms with Gasteiger partial charge in [-0.15, -0.1) is 0 Å². The Labute approximate surface area is 226 Å². The Bertz CT molecular complexity index is 1560. The van der Waals surface area contributed by atoms with Crippen molar-refractivity contribution in [1.82, 2.24) is 15.2 Å². The lowest BCUT2D eigenvalue weighted by molar-refractivity contribution is -0.128. The lowest BCUT2D eigenvalue weighted by Gasteiger charge is -2.35. The van der Waals surface area contributed by atoms with Crippen LogP contribution in [0.1, 0.15) is 38.8 Å². The molecule has 8 nitrogen and oxygen atoms in total. The van der Waals surface area contributed by atoms with Gasteiger partial charge in [0.15, 0.2) is 11.5 Å². The van der Waals surface area contributed by atoms with Gasteiger partial charge in [-0.05, 0) is 59.5 Å². The van der Waals surface area contributed by atoms with E-state index < -0.39 is 0 Å². The molecule has 0 fully saturated rings. The Kier molecular flexibility index (Phi) is 6.77. The highest BCUT2D eigenvalue weighted by atomic mass is 16.7. The summed E-state index contributed by atoms with van der Waals surface area (Å²) in [7, 11) is 1.59. The van der Waals surface area contributed by atoms with Crippen molar-refractivity contribution in [2.45, 2.75) is 12.5 Å². The van der Waals surface area contributed by atoms with Gasteiger partial charge in [0.25, 0.3) is 5.91 Å². The molecule has 3 heterocycles. The fraction of sp³-hybridized carbons (Fsp3) is 0.226. The molecule has 0 radical (unpaired) electrons. The van der Waals surface area contributed by atoms with E-state index in [4.69, 9.17) is 14.2 Å². The van der Waals surface area contributed by atoms with E-state index in [2.05, 4.69) is 22.4 Å². The van der Waals surface area contributed by atoms with E-state index in [-0.39, 0.29) is 24.6 Å². The van der Waals surface area contributed by atoms with Crippen LogP contribution in [0.5, 0.6) is 11.5 Å². The fourth-order valence-corrected chi connectivity index (χ4v) is 5.29. The summed E-state index contributed by atoms with van der Waals surface area (Å²) in [5.41, 5.74) is 5.66. The van der Waals surface area contributed by atoms with Gasteiger partial charge in [-0.1, -0.05) is 36.4 Å². The van der Waals surface area contributed by atoms with Crippen LogP contribution in [0.2, 0.25) is 0 Å². The largest absolute Gasteiger partial charge is 0.454 e. The molecule has 2 aliphatic heterocycles. The number of aromatic amines is 1. The topological polar surface area (TPSA) is 92.9 Å². The number of H-pyrrole nitrogens is 1. The van der Waals surface area contributed by atoms with E-state index in [1.165, 1.54) is 10.9 Å². The Morgan fingerprint density at radius 3 is 2.74 bits per heavy atom. The summed E-state index contributed by atoms with van der Waals surface area (Å²) in [5, 5.41) is 3.99. The van der Waals surface area contributed by atoms with Crippen LogP contribution in [0.15, 0.2) is 72.8 Å². The minimum absolute atomic E-state index is 0.0941. The number of carbonyl (C=O) groups excluding carboxylic acids is 2. The molecule has 1 unspecified atom stereocenters. The third kappa shape index (κ3) is 4.86. The molecule has 198 valence electrons. The van der Waals surface area contributed by atoms with Gasteiger partial charge in [0.2, 0.25) is 12.7 Å². The summed E-state index contributed by atoms with van der Waals surface area (Å²) in [6, 6.07) is 21.0. The zero-order chi connectivity index (χ0) is 26.8. The van der Waals surface area contributed by atoms with Crippen molar-refractivity contribution in [2.24, 2.45) is 0 Å². The molecule has 0 saturated heterocycles. The first-order valence-corrected chi connectivity index (χ1v) is 13.0. The molecular formula is C31H29N3O5. The fourth-order valence-electron chi connectivity index (χ4n) is 5.29. The highest BCUT2D eigenvalue weighted by molar-refractivity contribution is 5.95. The molecule has 39 heavy (non-hydrogen) atoms. The normalized spacial score (nSPS) is 16.0. The molecule has 0 spiro atoms. The molecular weight excluding hydrogens is 494 g/mol. The van der Waals surface area contributed by atoms with Gasteiger partial charge in [-0.2, -0.15) is 0 Å². The van der Waals surface area contributed by atoms with Crippen molar-refractivity contribution in [3.05, 3.63) is 101 Å². The van der Waals surface area contributed by atoms with Crippen molar-refractivity contribution in [3.63, 3.8) is 0 Å². The summed E-state index contributed by atoms with van der Waals surface area (Å²) < 4.78 is 16.1. The van der Waals surface area contributed by atoms with Crippen molar-refractivity contribution < 1.29 is 23.8 Å². The first-order chi connectivity index (χ1) is 19.1. The van der Waals surface area contributed by atoms with Gasteiger partial charge >= 0.3 is 0 Å². The molecule has 1 atom stereocenters. The number of methoxy groups -OCH3 is 1. The van der Waals surface area contributed by atoms with Crippen molar-refractivity contribution in [3.8, 4) is 11.5 Å². The van der Waals surface area contributed by atoms with Crippen LogP contribution in [0.3, 0.4) is 0 Å². The number of hydrogen-bond donors (Lipinski definition) is 2. The highest BCUT2D eigenvalue weighted by Gasteiger charge is 2.34. The molecule has 1 aromatic heterocycles. The van der Waals surface area contributed by atoms with Crippen LogP contribution in [0.25, 0.3) is 17.0 Å². The van der Waals surface area contributed by atoms with Crippen LogP contribution in [0.4, 0.5) is 0 Å². The average molecular weight is 524 g/mol. The SMILES string of the molecule is COCCNC(=O)c1ccc(/C=C/C(=O)N2CCc3c([nH]c4ccccc34)C2c2ccc3c(c2)OCO3)cc1. The smallest absolute Gasteiger partial charge is 0.251 e. The maximum Gasteiger partial charge on any atom is 0.251 e. The number of nitrogens with zero attached hydrogens (tertiary/aromatic N) is 1. The van der Waals surface area contributed by atoms with Gasteiger partial charge in [0.05, 0.1) is 12.6 Å². The zero-order valence-electron chi connectivity index (χ0n) is 21.6. The maximum absolute atomic E-state index is 13.6. The third-order valence-corrected chi connectivity index (χ3v) is 7.21. The highest BCUT2D eigenvalue weighted by Crippen LogP contribution is 2.42. The van der Waals surface area contributed by atoms with Crippen LogP contribution >= 0.6 is 0 Å². The summed E-state index contributed by atoms with van der Waals surface area (Å²) in [6.45, 7) is 1.68. The second kappa shape index (κ2) is 10.7. The molecule has 8 heteroatoms. The lowest BCUT2D eigenvalue weighted by Crippen LogP contribution is -2.39. The predicted molar refractivity (Wildman–Crippen MR) is 148 cm³/mol. The molecule has 0 aliphatic carbocycles. The third-order valence-electron chi connectivity index (χ3n) is 7.21. The van der Waals surface area contributed by atoms with Crippen LogP contribution in [-0.2, 0) is 16.0 Å². The lowest BCUT2D eigenvalue weighted by atomic mass is 9.92. The van der Waals surface area contributed by atoms with Crippen molar-refractivity contribution in [2.75, 3.05) is 33.6 Å². The number of amides is 2. The molecule has 0 bridgehead atoms. The molecule has 2 N–H and O–H groups in total. The minimum atomic E-state index is -0.300. The summed E-state index contributed by atoms with van der Waals surface area (Å²) in [6.07, 6.45) is 4.14. The summed E-state index contributed by atoms with van der Waals surface area (Å²) in [5.74, 6) is 1.14. The number of ether oxygens (including phenoxy) is 3. The Morgan fingerprint density at radius 1 is 1.08 bits per heavy atom. The molecule has 0 saturated carbocycles. The summed E-state index contributed by atoms with van der Waals surface area (Å²) in [4.78, 5) is 31.4. The van der Waals surface area contributed by atoms with Gasteiger partial charge in [0.1, 0.15) is 0 Å². The van der Waals surface area contributed by atoms with Gasteiger partial charge in [-0.25, -0.2) is 0 Å². The van der Waals surface area contributed by atoms with Gasteiger partial charge < -0.3 is 29.4 Å². The number of para-hydroxylation sites is 1. The van der Waals surface area contributed by atoms with E-state index >= 15 is 0 Å². The molecule has 4 aromatic rings. The average Bonchev–Trinajstić information content (AvgIpc) is 3.60. The second-order valence-electron chi connectivity index (χ2n) is 9.56. The van der Waals surface area contributed by atoms with Gasteiger partial charge in [-0.3, -0.25) is 9.59 Å². The van der Waals surface area contributed by atoms with E-state index in [1.54, 1.807) is 31.4 Å². The minimum Gasteiger partial charge on any atom is -0.454 e. The molecule has 2 amide bonds. The Balaban J connectivity index is 1.27. The second-order valence-corrected chi connectivity index (χ2v) is 9.56. The number of fused-ring (bicyclic) bond motifs is 4. The van der Waals surface area contributed by atoms with E-state index in [9.17, 15) is 9.59 Å². The molecule has 2 aliphatic rings. The van der Waals surface area contributed by atoms with Crippen LogP contribution < -0.4 is 14.8 Å². The number of aromatic nitrogens is 1.